The van der Waals surface area contributed by atoms with Crippen LogP contribution in [0.2, 0.25) is 5.02 Å². The molecule has 33 heavy (non-hydrogen) atoms. The van der Waals surface area contributed by atoms with Crippen LogP contribution in [0.3, 0.4) is 0 Å². The summed E-state index contributed by atoms with van der Waals surface area (Å²) in [7, 11) is 0. The van der Waals surface area contributed by atoms with Crippen LogP contribution in [0.5, 0.6) is 0 Å². The molecule has 0 saturated carbocycles. The summed E-state index contributed by atoms with van der Waals surface area (Å²) in [4.78, 5) is 26.3. The van der Waals surface area contributed by atoms with E-state index in [1.54, 1.807) is 11.1 Å². The standard InChI is InChI=1S/C26H30ClN5O/c1-3-18-11-10-12-19(4-2)24(18)32(25(28)33)22-17-29-26(31-15-8-5-9-16-31)30-23(22)20-13-6-7-14-21(20)27/h6-7,10-14,17H,3-5,8-9,15-16H2,1-2H3,(H2,28,33). The summed E-state index contributed by atoms with van der Waals surface area (Å²) >= 11 is 6.61. The number of piperidine rings is 1. The fourth-order valence-corrected chi connectivity index (χ4v) is 4.70. The highest BCUT2D eigenvalue weighted by molar-refractivity contribution is 6.33. The number of benzene rings is 2. The van der Waals surface area contributed by atoms with Crippen LogP contribution >= 0.6 is 11.6 Å². The highest BCUT2D eigenvalue weighted by Gasteiger charge is 2.27. The average molecular weight is 464 g/mol. The SMILES string of the molecule is CCc1cccc(CC)c1N(C(N)=O)c1cnc(N2CCCCC2)nc1-c1ccccc1Cl. The van der Waals surface area contributed by atoms with E-state index in [1.165, 1.54) is 6.42 Å². The molecule has 0 aliphatic carbocycles. The topological polar surface area (TPSA) is 75.3 Å². The molecule has 0 unspecified atom stereocenters. The first-order valence-corrected chi connectivity index (χ1v) is 12.0. The number of para-hydroxylation sites is 1. The Morgan fingerprint density at radius 2 is 1.70 bits per heavy atom. The van der Waals surface area contributed by atoms with Gasteiger partial charge in [0.2, 0.25) is 5.95 Å². The third-order valence-electron chi connectivity index (χ3n) is 6.17. The zero-order valence-corrected chi connectivity index (χ0v) is 20.0. The van der Waals surface area contributed by atoms with Gasteiger partial charge in [0.1, 0.15) is 5.69 Å². The van der Waals surface area contributed by atoms with E-state index in [4.69, 9.17) is 22.3 Å². The van der Waals surface area contributed by atoms with Crippen LogP contribution in [0, 0.1) is 0 Å². The van der Waals surface area contributed by atoms with E-state index in [-0.39, 0.29) is 0 Å². The lowest BCUT2D eigenvalue weighted by Gasteiger charge is -2.30. The van der Waals surface area contributed by atoms with E-state index in [0.29, 0.717) is 22.4 Å². The van der Waals surface area contributed by atoms with Crippen molar-refractivity contribution in [3.63, 3.8) is 0 Å². The number of nitrogens with two attached hydrogens (primary N) is 1. The van der Waals surface area contributed by atoms with Crippen LogP contribution < -0.4 is 15.5 Å². The first kappa shape index (κ1) is 23.1. The van der Waals surface area contributed by atoms with E-state index < -0.39 is 6.03 Å². The molecule has 2 aromatic carbocycles. The van der Waals surface area contributed by atoms with Gasteiger partial charge in [0.15, 0.2) is 0 Å². The smallest absolute Gasteiger partial charge is 0.324 e. The van der Waals surface area contributed by atoms with E-state index in [9.17, 15) is 4.79 Å². The number of rotatable bonds is 6. The maximum atomic E-state index is 12.9. The first-order valence-electron chi connectivity index (χ1n) is 11.6. The number of nitrogens with zero attached hydrogens (tertiary/aromatic N) is 4. The van der Waals surface area contributed by atoms with Crippen molar-refractivity contribution in [1.29, 1.82) is 0 Å². The second-order valence-corrected chi connectivity index (χ2v) is 8.64. The number of aromatic nitrogens is 2. The fraction of sp³-hybridized carbons (Fsp3) is 0.346. The average Bonchev–Trinajstić information content (AvgIpc) is 2.85. The molecular formula is C26H30ClN5O. The van der Waals surface area contributed by atoms with Crippen LogP contribution in [0.4, 0.5) is 22.1 Å². The monoisotopic (exact) mass is 463 g/mol. The van der Waals surface area contributed by atoms with Crippen LogP contribution in [0.25, 0.3) is 11.3 Å². The quantitative estimate of drug-likeness (QED) is 0.477. The van der Waals surface area contributed by atoms with Crippen LogP contribution in [-0.2, 0) is 12.8 Å². The van der Waals surface area contributed by atoms with Gasteiger partial charge in [0.05, 0.1) is 22.6 Å². The summed E-state index contributed by atoms with van der Waals surface area (Å²) in [5.74, 6) is 0.650. The molecule has 1 fully saturated rings. The van der Waals surface area contributed by atoms with E-state index in [1.807, 2.05) is 42.5 Å². The number of hydrogen-bond donors (Lipinski definition) is 1. The number of carbonyl (C=O) groups excluding carboxylic acids is 1. The van der Waals surface area contributed by atoms with Crippen molar-refractivity contribution in [2.24, 2.45) is 5.73 Å². The molecule has 0 bridgehead atoms. The molecule has 0 atom stereocenters. The highest BCUT2D eigenvalue weighted by Crippen LogP contribution is 2.40. The van der Waals surface area contributed by atoms with E-state index in [0.717, 1.165) is 61.2 Å². The summed E-state index contributed by atoms with van der Waals surface area (Å²) in [6.07, 6.45) is 6.69. The molecule has 4 rings (SSSR count). The number of aryl methyl sites for hydroxylation is 2. The molecule has 1 aliphatic rings. The van der Waals surface area contributed by atoms with E-state index >= 15 is 0 Å². The minimum Gasteiger partial charge on any atom is -0.351 e. The summed E-state index contributed by atoms with van der Waals surface area (Å²) in [5.41, 5.74) is 10.8. The van der Waals surface area contributed by atoms with Gasteiger partial charge in [-0.05, 0) is 49.3 Å². The zero-order valence-electron chi connectivity index (χ0n) is 19.2. The summed E-state index contributed by atoms with van der Waals surface area (Å²) in [6.45, 7) is 5.98. The predicted molar refractivity (Wildman–Crippen MR) is 135 cm³/mol. The Morgan fingerprint density at radius 3 is 2.30 bits per heavy atom. The highest BCUT2D eigenvalue weighted by atomic mass is 35.5. The number of carbonyl (C=O) groups is 1. The molecule has 2 N–H and O–H groups in total. The lowest BCUT2D eigenvalue weighted by atomic mass is 10.0. The van der Waals surface area contributed by atoms with Crippen molar-refractivity contribution < 1.29 is 4.79 Å². The fourth-order valence-electron chi connectivity index (χ4n) is 4.48. The lowest BCUT2D eigenvalue weighted by Crippen LogP contribution is -2.34. The van der Waals surface area contributed by atoms with Crippen molar-refractivity contribution >= 4 is 35.0 Å². The maximum Gasteiger partial charge on any atom is 0.324 e. The number of halogens is 1. The van der Waals surface area contributed by atoms with Crippen LogP contribution in [-0.4, -0.2) is 29.1 Å². The van der Waals surface area contributed by atoms with Crippen molar-refractivity contribution in [3.8, 4) is 11.3 Å². The molecule has 1 aromatic heterocycles. The van der Waals surface area contributed by atoms with Gasteiger partial charge >= 0.3 is 6.03 Å². The van der Waals surface area contributed by atoms with Gasteiger partial charge < -0.3 is 10.6 Å². The summed E-state index contributed by atoms with van der Waals surface area (Å²) in [6, 6.07) is 13.0. The molecule has 0 spiro atoms. The van der Waals surface area contributed by atoms with Crippen molar-refractivity contribution in [2.75, 3.05) is 22.9 Å². The molecule has 2 amide bonds. The Hall–Kier alpha value is -3.12. The Morgan fingerprint density at radius 1 is 1.03 bits per heavy atom. The Kier molecular flexibility index (Phi) is 7.14. The molecule has 0 radical (unpaired) electrons. The van der Waals surface area contributed by atoms with Crippen molar-refractivity contribution in [3.05, 3.63) is 64.8 Å². The molecule has 3 aromatic rings. The van der Waals surface area contributed by atoms with Gasteiger partial charge in [0, 0.05) is 18.7 Å². The Balaban J connectivity index is 1.95. The Labute approximate surface area is 200 Å². The van der Waals surface area contributed by atoms with Gasteiger partial charge in [0.25, 0.3) is 0 Å². The van der Waals surface area contributed by atoms with Gasteiger partial charge in [-0.25, -0.2) is 14.8 Å². The van der Waals surface area contributed by atoms with Crippen LogP contribution in [0.1, 0.15) is 44.2 Å². The molecular weight excluding hydrogens is 434 g/mol. The van der Waals surface area contributed by atoms with E-state index in [2.05, 4.69) is 23.7 Å². The number of urea groups is 1. The summed E-state index contributed by atoms with van der Waals surface area (Å²) in [5, 5.41) is 0.561. The molecule has 6 nitrogen and oxygen atoms in total. The molecule has 2 heterocycles. The zero-order chi connectivity index (χ0) is 23.4. The molecule has 1 saturated heterocycles. The minimum atomic E-state index is -0.576. The van der Waals surface area contributed by atoms with Gasteiger partial charge in [-0.3, -0.25) is 4.90 Å². The number of amides is 2. The normalized spacial score (nSPS) is 13.7. The number of hydrogen-bond acceptors (Lipinski definition) is 4. The third kappa shape index (κ3) is 4.67. The maximum absolute atomic E-state index is 12.9. The second kappa shape index (κ2) is 10.2. The van der Waals surface area contributed by atoms with Gasteiger partial charge in [-0.15, -0.1) is 0 Å². The Bertz CT molecular complexity index is 1120. The van der Waals surface area contributed by atoms with Crippen molar-refractivity contribution in [2.45, 2.75) is 46.0 Å². The predicted octanol–water partition coefficient (Wildman–Crippen LogP) is 6.13. The summed E-state index contributed by atoms with van der Waals surface area (Å²) < 4.78 is 0. The number of primary amides is 1. The second-order valence-electron chi connectivity index (χ2n) is 8.24. The molecule has 172 valence electrons. The third-order valence-corrected chi connectivity index (χ3v) is 6.50. The number of anilines is 3. The van der Waals surface area contributed by atoms with Gasteiger partial charge in [-0.1, -0.05) is 61.8 Å². The molecule has 1 aliphatic heterocycles. The van der Waals surface area contributed by atoms with Crippen molar-refractivity contribution in [1.82, 2.24) is 9.97 Å². The molecule has 7 heteroatoms. The van der Waals surface area contributed by atoms with Gasteiger partial charge in [-0.2, -0.15) is 0 Å². The first-order chi connectivity index (χ1) is 16.0. The minimum absolute atomic E-state index is 0.534. The lowest BCUT2D eigenvalue weighted by molar-refractivity contribution is 0.256. The largest absolute Gasteiger partial charge is 0.351 e. The van der Waals surface area contributed by atoms with Crippen LogP contribution in [0.15, 0.2) is 48.7 Å².